The fourth-order valence-electron chi connectivity index (χ4n) is 3.25. The van der Waals surface area contributed by atoms with Gasteiger partial charge in [-0.3, -0.25) is 4.79 Å². The number of nitrogens with one attached hydrogen (secondary N) is 1. The van der Waals surface area contributed by atoms with Crippen molar-refractivity contribution >= 4 is 28.3 Å². The number of hydrogen-bond acceptors (Lipinski definition) is 6. The zero-order chi connectivity index (χ0) is 18.5. The van der Waals surface area contributed by atoms with Crippen LogP contribution in [-0.4, -0.2) is 30.6 Å². The predicted molar refractivity (Wildman–Crippen MR) is 100.0 cm³/mol. The van der Waals surface area contributed by atoms with Crippen LogP contribution in [0.3, 0.4) is 0 Å². The van der Waals surface area contributed by atoms with Crippen LogP contribution in [0.4, 0.5) is 5.13 Å². The molecule has 0 fully saturated rings. The van der Waals surface area contributed by atoms with Gasteiger partial charge in [0.15, 0.2) is 10.8 Å². The summed E-state index contributed by atoms with van der Waals surface area (Å²) >= 11 is 1.22. The molecule has 0 spiro atoms. The highest BCUT2D eigenvalue weighted by Gasteiger charge is 2.23. The number of ether oxygens (including phenoxy) is 2. The summed E-state index contributed by atoms with van der Waals surface area (Å²) in [6.45, 7) is 2.04. The van der Waals surface area contributed by atoms with E-state index in [2.05, 4.69) is 22.4 Å². The maximum Gasteiger partial charge on any atom is 0.357 e. The Hall–Kier alpha value is -2.41. The number of methoxy groups -OCH3 is 1. The highest BCUT2D eigenvalue weighted by Crippen LogP contribution is 2.36. The number of nitrogens with zero attached hydrogens (tertiary/aromatic N) is 1. The number of fused-ring (bicyclic) bond motifs is 1. The standard InChI is InChI=1S/C19H22N2O4S/c1-3-25-18(23)16-11-26-19(20-16)21-17(22)10-13-6-4-5-12-9-14(24-2)7-8-15(12)13/h7-9,11,13H,3-6,10H2,1-2H3,(H,20,21,22)/t13-/m1/s1. The molecule has 1 aromatic carbocycles. The van der Waals surface area contributed by atoms with Crippen molar-refractivity contribution in [1.82, 2.24) is 4.98 Å². The van der Waals surface area contributed by atoms with Gasteiger partial charge in [0.1, 0.15) is 5.75 Å². The van der Waals surface area contributed by atoms with E-state index in [-0.39, 0.29) is 17.5 Å². The van der Waals surface area contributed by atoms with Gasteiger partial charge >= 0.3 is 5.97 Å². The normalized spacial score (nSPS) is 15.8. The summed E-state index contributed by atoms with van der Waals surface area (Å²) < 4.78 is 10.2. The zero-order valence-electron chi connectivity index (χ0n) is 14.9. The van der Waals surface area contributed by atoms with E-state index in [0.29, 0.717) is 18.2 Å². The van der Waals surface area contributed by atoms with Crippen LogP contribution in [0.25, 0.3) is 0 Å². The average molecular weight is 374 g/mol. The molecule has 0 saturated heterocycles. The van der Waals surface area contributed by atoms with Crippen LogP contribution in [0, 0.1) is 0 Å². The van der Waals surface area contributed by atoms with E-state index in [0.717, 1.165) is 25.0 Å². The van der Waals surface area contributed by atoms with Gasteiger partial charge in [0.05, 0.1) is 13.7 Å². The van der Waals surface area contributed by atoms with Crippen molar-refractivity contribution in [3.8, 4) is 5.75 Å². The summed E-state index contributed by atoms with van der Waals surface area (Å²) in [5.74, 6) is 0.472. The monoisotopic (exact) mass is 374 g/mol. The first-order valence-corrected chi connectivity index (χ1v) is 9.58. The number of thiazole rings is 1. The third-order valence-corrected chi connectivity index (χ3v) is 5.21. The third-order valence-electron chi connectivity index (χ3n) is 4.46. The van der Waals surface area contributed by atoms with Gasteiger partial charge in [-0.2, -0.15) is 0 Å². The Bertz CT molecular complexity index is 803. The van der Waals surface area contributed by atoms with Crippen molar-refractivity contribution in [2.24, 2.45) is 0 Å². The number of esters is 1. The predicted octanol–water partition coefficient (Wildman–Crippen LogP) is 3.78. The first kappa shape index (κ1) is 18.4. The quantitative estimate of drug-likeness (QED) is 0.779. The number of benzene rings is 1. The zero-order valence-corrected chi connectivity index (χ0v) is 15.7. The van der Waals surface area contributed by atoms with Crippen LogP contribution in [0.15, 0.2) is 23.6 Å². The number of anilines is 1. The van der Waals surface area contributed by atoms with Crippen molar-refractivity contribution in [3.63, 3.8) is 0 Å². The summed E-state index contributed by atoms with van der Waals surface area (Å²) in [6, 6.07) is 6.07. The lowest BCUT2D eigenvalue weighted by atomic mass is 9.81. The van der Waals surface area contributed by atoms with Gasteiger partial charge in [-0.15, -0.1) is 11.3 Å². The lowest BCUT2D eigenvalue weighted by Crippen LogP contribution is -2.19. The molecule has 6 nitrogen and oxygen atoms in total. The molecular weight excluding hydrogens is 352 g/mol. The van der Waals surface area contributed by atoms with Crippen LogP contribution in [0.1, 0.15) is 53.7 Å². The Morgan fingerprint density at radius 3 is 3.00 bits per heavy atom. The number of hydrogen-bond donors (Lipinski definition) is 1. The molecule has 138 valence electrons. The van der Waals surface area contributed by atoms with Crippen LogP contribution in [-0.2, 0) is 16.0 Å². The van der Waals surface area contributed by atoms with E-state index in [1.165, 1.54) is 22.5 Å². The molecule has 0 bridgehead atoms. The molecule has 0 unspecified atom stereocenters. The number of aryl methyl sites for hydroxylation is 1. The minimum Gasteiger partial charge on any atom is -0.497 e. The highest BCUT2D eigenvalue weighted by atomic mass is 32.1. The molecule has 1 amide bonds. The van der Waals surface area contributed by atoms with Crippen LogP contribution in [0.2, 0.25) is 0 Å². The van der Waals surface area contributed by atoms with Crippen molar-refractivity contribution in [1.29, 1.82) is 0 Å². The molecule has 2 aromatic rings. The molecule has 0 radical (unpaired) electrons. The maximum atomic E-state index is 12.4. The van der Waals surface area contributed by atoms with E-state index >= 15 is 0 Å². The van der Waals surface area contributed by atoms with Crippen molar-refractivity contribution < 1.29 is 19.1 Å². The average Bonchev–Trinajstić information content (AvgIpc) is 3.10. The molecule has 3 rings (SSSR count). The molecule has 0 aliphatic heterocycles. The fourth-order valence-corrected chi connectivity index (χ4v) is 3.95. The number of carbonyl (C=O) groups is 2. The van der Waals surface area contributed by atoms with Crippen LogP contribution >= 0.6 is 11.3 Å². The van der Waals surface area contributed by atoms with E-state index in [1.54, 1.807) is 19.4 Å². The third kappa shape index (κ3) is 4.22. The highest BCUT2D eigenvalue weighted by molar-refractivity contribution is 7.14. The van der Waals surface area contributed by atoms with Gasteiger partial charge in [-0.1, -0.05) is 6.07 Å². The molecule has 26 heavy (non-hydrogen) atoms. The topological polar surface area (TPSA) is 77.5 Å². The molecule has 1 heterocycles. The van der Waals surface area contributed by atoms with Crippen LogP contribution in [0.5, 0.6) is 5.75 Å². The number of aromatic nitrogens is 1. The minimum atomic E-state index is -0.473. The Labute approximate surface area is 156 Å². The Kier molecular flexibility index (Phi) is 5.88. The largest absolute Gasteiger partial charge is 0.497 e. The lowest BCUT2D eigenvalue weighted by Gasteiger charge is -2.25. The molecule has 1 aliphatic carbocycles. The number of carbonyl (C=O) groups excluding carboxylic acids is 2. The summed E-state index contributed by atoms with van der Waals surface area (Å²) in [6.07, 6.45) is 3.45. The van der Waals surface area contributed by atoms with Crippen LogP contribution < -0.4 is 10.1 Å². The van der Waals surface area contributed by atoms with Gasteiger partial charge in [-0.05, 0) is 55.4 Å². The van der Waals surface area contributed by atoms with Crippen molar-refractivity contribution in [2.75, 3.05) is 19.0 Å². The first-order valence-electron chi connectivity index (χ1n) is 8.70. The van der Waals surface area contributed by atoms with Gasteiger partial charge in [-0.25, -0.2) is 9.78 Å². The van der Waals surface area contributed by atoms with Crippen molar-refractivity contribution in [3.05, 3.63) is 40.4 Å². The van der Waals surface area contributed by atoms with E-state index in [4.69, 9.17) is 9.47 Å². The molecule has 1 atom stereocenters. The maximum absolute atomic E-state index is 12.4. The number of amides is 1. The molecule has 1 aliphatic rings. The lowest BCUT2D eigenvalue weighted by molar-refractivity contribution is -0.116. The molecule has 1 N–H and O–H groups in total. The summed E-state index contributed by atoms with van der Waals surface area (Å²) in [7, 11) is 1.66. The first-order chi connectivity index (χ1) is 12.6. The van der Waals surface area contributed by atoms with Gasteiger partial charge in [0, 0.05) is 11.8 Å². The Morgan fingerprint density at radius 1 is 1.38 bits per heavy atom. The van der Waals surface area contributed by atoms with Gasteiger partial charge in [0.25, 0.3) is 0 Å². The second-order valence-corrected chi connectivity index (χ2v) is 7.02. The molecule has 7 heteroatoms. The second kappa shape index (κ2) is 8.31. The Balaban J connectivity index is 1.63. The second-order valence-electron chi connectivity index (χ2n) is 6.16. The van der Waals surface area contributed by atoms with E-state index < -0.39 is 5.97 Å². The number of rotatable bonds is 6. The smallest absolute Gasteiger partial charge is 0.357 e. The molecule has 0 saturated carbocycles. The Morgan fingerprint density at radius 2 is 2.23 bits per heavy atom. The minimum absolute atomic E-state index is 0.0940. The molecule has 1 aromatic heterocycles. The fraction of sp³-hybridized carbons (Fsp3) is 0.421. The SMILES string of the molecule is CCOC(=O)c1csc(NC(=O)C[C@H]2CCCc3cc(OC)ccc32)n1. The van der Waals surface area contributed by atoms with Gasteiger partial charge in [0.2, 0.25) is 5.91 Å². The summed E-state index contributed by atoms with van der Waals surface area (Å²) in [5.41, 5.74) is 2.70. The van der Waals surface area contributed by atoms with Crippen molar-refractivity contribution in [2.45, 2.75) is 38.5 Å². The summed E-state index contributed by atoms with van der Waals surface area (Å²) in [4.78, 5) is 28.2. The van der Waals surface area contributed by atoms with Gasteiger partial charge < -0.3 is 14.8 Å². The molecular formula is C19H22N2O4S. The summed E-state index contributed by atoms with van der Waals surface area (Å²) in [5, 5.41) is 4.81. The van der Waals surface area contributed by atoms with E-state index in [9.17, 15) is 9.59 Å². The van der Waals surface area contributed by atoms with E-state index in [1.807, 2.05) is 6.07 Å².